The Labute approximate surface area is 146 Å². The first-order chi connectivity index (χ1) is 11.7. The summed E-state index contributed by atoms with van der Waals surface area (Å²) >= 11 is 0. The van der Waals surface area contributed by atoms with Gasteiger partial charge >= 0.3 is 5.97 Å². The van der Waals surface area contributed by atoms with Crippen LogP contribution in [0.1, 0.15) is 58.3 Å². The highest BCUT2D eigenvalue weighted by Crippen LogP contribution is 2.67. The fraction of sp³-hybridized carbons (Fsp3) is 0.773. The summed E-state index contributed by atoms with van der Waals surface area (Å²) in [6.45, 7) is 2.28. The van der Waals surface area contributed by atoms with Gasteiger partial charge in [-0.3, -0.25) is 4.79 Å². The Hall–Kier alpha value is -1.05. The van der Waals surface area contributed by atoms with Crippen LogP contribution in [0.3, 0.4) is 0 Å². The van der Waals surface area contributed by atoms with Crippen molar-refractivity contribution in [2.24, 2.45) is 47.3 Å². The monoisotopic (exact) mass is 328 g/mol. The van der Waals surface area contributed by atoms with Crippen LogP contribution in [-0.2, 0) is 4.79 Å². The highest BCUT2D eigenvalue weighted by atomic mass is 16.4. The van der Waals surface area contributed by atoms with Crippen LogP contribution in [0.25, 0.3) is 0 Å². The second-order valence-corrected chi connectivity index (χ2v) is 8.73. The number of allylic oxidation sites excluding steroid dienone is 3. The van der Waals surface area contributed by atoms with E-state index in [1.807, 2.05) is 6.08 Å². The summed E-state index contributed by atoms with van der Waals surface area (Å²) in [5, 5.41) is 9.52. The molecule has 0 aliphatic heterocycles. The molecule has 2 nitrogen and oxygen atoms in total. The molecule has 24 heavy (non-hydrogen) atoms. The van der Waals surface area contributed by atoms with Crippen LogP contribution in [0.15, 0.2) is 24.3 Å². The first-order valence-corrected chi connectivity index (χ1v) is 10.3. The van der Waals surface area contributed by atoms with Crippen LogP contribution in [0.2, 0.25) is 0 Å². The maximum atomic E-state index is 11.6. The van der Waals surface area contributed by atoms with E-state index in [0.29, 0.717) is 11.8 Å². The number of hydrogen-bond acceptors (Lipinski definition) is 1. The Morgan fingerprint density at radius 2 is 1.71 bits per heavy atom. The minimum absolute atomic E-state index is 0.263. The van der Waals surface area contributed by atoms with E-state index in [2.05, 4.69) is 25.2 Å². The molecule has 4 aliphatic carbocycles. The molecule has 0 radical (unpaired) electrons. The Kier molecular flexibility index (Phi) is 4.58. The topological polar surface area (TPSA) is 37.3 Å². The molecule has 0 amide bonds. The molecule has 2 heteroatoms. The van der Waals surface area contributed by atoms with E-state index in [0.717, 1.165) is 23.7 Å². The van der Waals surface area contributed by atoms with Crippen molar-refractivity contribution in [3.63, 3.8) is 0 Å². The number of hydrogen-bond donors (Lipinski definition) is 1. The maximum absolute atomic E-state index is 11.6. The molecule has 132 valence electrons. The summed E-state index contributed by atoms with van der Waals surface area (Å²) in [6.07, 6.45) is 20.0. The second-order valence-electron chi connectivity index (χ2n) is 8.73. The van der Waals surface area contributed by atoms with Gasteiger partial charge in [-0.15, -0.1) is 0 Å². The predicted molar refractivity (Wildman–Crippen MR) is 96.4 cm³/mol. The van der Waals surface area contributed by atoms with Gasteiger partial charge in [-0.1, -0.05) is 69.8 Å². The lowest BCUT2D eigenvalue weighted by molar-refractivity contribution is -0.143. The van der Waals surface area contributed by atoms with Crippen molar-refractivity contribution in [2.75, 3.05) is 0 Å². The molecule has 4 rings (SSSR count). The van der Waals surface area contributed by atoms with Gasteiger partial charge in [0.25, 0.3) is 0 Å². The van der Waals surface area contributed by atoms with Gasteiger partial charge in [0.05, 0.1) is 5.92 Å². The van der Waals surface area contributed by atoms with E-state index >= 15 is 0 Å². The zero-order chi connectivity index (χ0) is 16.7. The Balaban J connectivity index is 1.37. The fourth-order valence-corrected chi connectivity index (χ4v) is 6.60. The van der Waals surface area contributed by atoms with Gasteiger partial charge in [0.15, 0.2) is 0 Å². The van der Waals surface area contributed by atoms with Crippen LogP contribution in [0.5, 0.6) is 0 Å². The number of carbonyl (C=O) groups is 1. The quantitative estimate of drug-likeness (QED) is 0.484. The smallest absolute Gasteiger partial charge is 0.310 e. The third kappa shape index (κ3) is 2.57. The summed E-state index contributed by atoms with van der Waals surface area (Å²) in [5.74, 6) is 3.95. The van der Waals surface area contributed by atoms with Crippen LogP contribution in [-0.4, -0.2) is 11.1 Å². The number of rotatable bonds is 8. The van der Waals surface area contributed by atoms with E-state index in [1.54, 1.807) is 0 Å². The predicted octanol–water partition coefficient (Wildman–Crippen LogP) is 5.31. The molecule has 0 saturated heterocycles. The van der Waals surface area contributed by atoms with E-state index in [1.165, 1.54) is 51.4 Å². The molecule has 0 bridgehead atoms. The lowest BCUT2D eigenvalue weighted by Gasteiger charge is -2.54. The molecular formula is C22H32O2. The second kappa shape index (κ2) is 6.69. The van der Waals surface area contributed by atoms with Gasteiger partial charge in [-0.05, 0) is 54.3 Å². The van der Waals surface area contributed by atoms with E-state index in [-0.39, 0.29) is 11.8 Å². The van der Waals surface area contributed by atoms with Crippen LogP contribution in [0, 0.1) is 47.3 Å². The standard InChI is InChI=1S/C22H32O2/c1-2-3-4-5-6-7-8-15-16-11-12-17-18(22(23)24)10-9-14-13-19(15)21(16)20(14)17/h9-12,14-21H,2-8,13H2,1H3,(H,23,24). The van der Waals surface area contributed by atoms with Crippen molar-refractivity contribution in [3.05, 3.63) is 24.3 Å². The van der Waals surface area contributed by atoms with Crippen molar-refractivity contribution in [1.82, 2.24) is 0 Å². The summed E-state index contributed by atoms with van der Waals surface area (Å²) in [7, 11) is 0. The third-order valence-corrected chi connectivity index (χ3v) is 7.62. The summed E-state index contributed by atoms with van der Waals surface area (Å²) in [4.78, 5) is 11.6. The molecule has 0 heterocycles. The van der Waals surface area contributed by atoms with Gasteiger partial charge in [0.2, 0.25) is 0 Å². The highest BCUT2D eigenvalue weighted by Gasteiger charge is 2.62. The number of aliphatic carboxylic acids is 1. The average Bonchev–Trinajstić information content (AvgIpc) is 2.91. The lowest BCUT2D eigenvalue weighted by Crippen LogP contribution is -2.50. The van der Waals surface area contributed by atoms with Crippen molar-refractivity contribution >= 4 is 5.97 Å². The van der Waals surface area contributed by atoms with Crippen molar-refractivity contribution in [2.45, 2.75) is 58.3 Å². The van der Waals surface area contributed by atoms with Gasteiger partial charge in [-0.25, -0.2) is 0 Å². The van der Waals surface area contributed by atoms with Crippen LogP contribution >= 0.6 is 0 Å². The number of carboxylic acids is 1. The average molecular weight is 328 g/mol. The lowest BCUT2D eigenvalue weighted by atomic mass is 9.50. The molecule has 0 aromatic heterocycles. The van der Waals surface area contributed by atoms with Crippen LogP contribution in [0.4, 0.5) is 0 Å². The zero-order valence-electron chi connectivity index (χ0n) is 14.9. The summed E-state index contributed by atoms with van der Waals surface area (Å²) < 4.78 is 0. The number of carboxylic acid groups (broad SMARTS) is 1. The summed E-state index contributed by atoms with van der Waals surface area (Å²) in [6, 6.07) is 0. The fourth-order valence-electron chi connectivity index (χ4n) is 6.60. The Bertz CT molecular complexity index is 534. The minimum Gasteiger partial charge on any atom is -0.481 e. The minimum atomic E-state index is -0.635. The largest absolute Gasteiger partial charge is 0.481 e. The van der Waals surface area contributed by atoms with Crippen LogP contribution < -0.4 is 0 Å². The Morgan fingerprint density at radius 1 is 0.958 bits per heavy atom. The first-order valence-electron chi connectivity index (χ1n) is 10.3. The zero-order valence-corrected chi connectivity index (χ0v) is 14.9. The SMILES string of the molecule is CCCCCCCCC1C2C=CC3C(C(=O)O)C=CC4CC1C2C43. The molecule has 8 atom stereocenters. The molecule has 4 aliphatic rings. The third-order valence-electron chi connectivity index (χ3n) is 7.62. The molecule has 2 saturated carbocycles. The summed E-state index contributed by atoms with van der Waals surface area (Å²) in [5.41, 5.74) is 0. The molecule has 8 unspecified atom stereocenters. The molecule has 0 aromatic rings. The van der Waals surface area contributed by atoms with Gasteiger partial charge in [-0.2, -0.15) is 0 Å². The van der Waals surface area contributed by atoms with Crippen molar-refractivity contribution < 1.29 is 9.90 Å². The van der Waals surface area contributed by atoms with E-state index in [4.69, 9.17) is 0 Å². The maximum Gasteiger partial charge on any atom is 0.310 e. The molecule has 1 N–H and O–H groups in total. The normalized spacial score (nSPS) is 44.2. The molecule has 0 aromatic carbocycles. The molecule has 2 fully saturated rings. The van der Waals surface area contributed by atoms with E-state index < -0.39 is 5.97 Å². The molecular weight excluding hydrogens is 296 g/mol. The van der Waals surface area contributed by atoms with Gasteiger partial charge in [0.1, 0.15) is 0 Å². The van der Waals surface area contributed by atoms with E-state index in [9.17, 15) is 9.90 Å². The Morgan fingerprint density at radius 3 is 2.50 bits per heavy atom. The molecule has 0 spiro atoms. The first kappa shape index (κ1) is 16.4. The van der Waals surface area contributed by atoms with Crippen molar-refractivity contribution in [3.8, 4) is 0 Å². The van der Waals surface area contributed by atoms with Crippen molar-refractivity contribution in [1.29, 1.82) is 0 Å². The number of unbranched alkanes of at least 4 members (excludes halogenated alkanes) is 5. The van der Waals surface area contributed by atoms with Gasteiger partial charge in [0, 0.05) is 0 Å². The van der Waals surface area contributed by atoms with Gasteiger partial charge < -0.3 is 5.11 Å². The highest BCUT2D eigenvalue weighted by molar-refractivity contribution is 5.73.